The molecule has 1 N–H and O–H groups in total. The summed E-state index contributed by atoms with van der Waals surface area (Å²) >= 11 is 1.14. The number of ether oxygens (including phenoxy) is 1. The normalized spacial score (nSPS) is 12.3. The van der Waals surface area contributed by atoms with Crippen LogP contribution in [-0.4, -0.2) is 26.4 Å². The van der Waals surface area contributed by atoms with Gasteiger partial charge in [-0.3, -0.25) is 4.79 Å². The number of halogens is 2. The first-order valence-electron chi connectivity index (χ1n) is 10.8. The van der Waals surface area contributed by atoms with Crippen LogP contribution in [0.15, 0.2) is 47.6 Å². The molecule has 0 fully saturated rings. The van der Waals surface area contributed by atoms with E-state index in [1.165, 1.54) is 11.6 Å². The lowest BCUT2D eigenvalue weighted by atomic mass is 10.0. The number of carbonyl (C=O) groups is 1. The smallest absolute Gasteiger partial charge is 0.235 e. The number of rotatable bonds is 9. The lowest BCUT2D eigenvalue weighted by Crippen LogP contribution is -2.17. The fraction of sp³-hybridized carbons (Fsp3) is 0.375. The Labute approximate surface area is 196 Å². The predicted octanol–water partition coefficient (Wildman–Crippen LogP) is 6.13. The molecule has 0 saturated carbocycles. The van der Waals surface area contributed by atoms with E-state index in [0.717, 1.165) is 29.6 Å². The van der Waals surface area contributed by atoms with Crippen LogP contribution in [0.5, 0.6) is 5.75 Å². The highest BCUT2D eigenvalue weighted by atomic mass is 32.2. The molecule has 1 aromatic heterocycles. The average Bonchev–Trinajstić information content (AvgIpc) is 3.20. The summed E-state index contributed by atoms with van der Waals surface area (Å²) in [5.74, 6) is -0.483. The molecule has 33 heavy (non-hydrogen) atoms. The number of thioether (sulfide) groups is 1. The molecule has 1 unspecified atom stereocenters. The summed E-state index contributed by atoms with van der Waals surface area (Å²) in [6, 6.07) is 11.4. The van der Waals surface area contributed by atoms with Crippen molar-refractivity contribution >= 4 is 23.4 Å². The Hall–Kier alpha value is -2.94. The van der Waals surface area contributed by atoms with Crippen molar-refractivity contribution < 1.29 is 18.3 Å². The Bertz CT molecular complexity index is 1080. The third-order valence-electron chi connectivity index (χ3n) is 4.99. The molecule has 6 nitrogen and oxygen atoms in total. The maximum absolute atomic E-state index is 13.8. The van der Waals surface area contributed by atoms with Crippen molar-refractivity contribution in [2.45, 2.75) is 57.8 Å². The zero-order valence-corrected chi connectivity index (χ0v) is 20.1. The van der Waals surface area contributed by atoms with Crippen LogP contribution in [0, 0.1) is 11.6 Å². The van der Waals surface area contributed by atoms with Crippen molar-refractivity contribution in [1.82, 2.24) is 14.8 Å². The van der Waals surface area contributed by atoms with Crippen LogP contribution in [-0.2, 0) is 4.79 Å². The zero-order chi connectivity index (χ0) is 24.1. The Morgan fingerprint density at radius 3 is 2.24 bits per heavy atom. The van der Waals surface area contributed by atoms with Gasteiger partial charge in [0.2, 0.25) is 5.91 Å². The van der Waals surface area contributed by atoms with Gasteiger partial charge in [0, 0.05) is 6.04 Å². The van der Waals surface area contributed by atoms with Crippen LogP contribution in [0.2, 0.25) is 0 Å². The molecule has 0 radical (unpaired) electrons. The lowest BCUT2D eigenvalue weighted by molar-refractivity contribution is -0.113. The van der Waals surface area contributed by atoms with Gasteiger partial charge < -0.3 is 14.6 Å². The first-order valence-corrected chi connectivity index (χ1v) is 11.7. The van der Waals surface area contributed by atoms with Crippen molar-refractivity contribution in [3.63, 3.8) is 0 Å². The highest BCUT2D eigenvalue weighted by Gasteiger charge is 2.22. The topological polar surface area (TPSA) is 69.0 Å². The molecule has 9 heteroatoms. The van der Waals surface area contributed by atoms with Crippen molar-refractivity contribution in [3.8, 4) is 5.75 Å². The Morgan fingerprint density at radius 2 is 1.67 bits per heavy atom. The molecule has 0 aliphatic heterocycles. The molecule has 0 bridgehead atoms. The summed E-state index contributed by atoms with van der Waals surface area (Å²) in [5, 5.41) is 11.3. The first-order chi connectivity index (χ1) is 15.7. The predicted molar refractivity (Wildman–Crippen MR) is 126 cm³/mol. The first kappa shape index (κ1) is 24.7. The number of aromatic nitrogens is 3. The van der Waals surface area contributed by atoms with Crippen molar-refractivity contribution in [2.24, 2.45) is 0 Å². The van der Waals surface area contributed by atoms with Crippen LogP contribution >= 0.6 is 11.8 Å². The number of hydrogen-bond acceptors (Lipinski definition) is 5. The molecule has 1 amide bonds. The van der Waals surface area contributed by atoms with Crippen LogP contribution in [0.3, 0.4) is 0 Å². The van der Waals surface area contributed by atoms with Gasteiger partial charge in [0.05, 0.1) is 5.75 Å². The van der Waals surface area contributed by atoms with Gasteiger partial charge in [-0.05, 0) is 56.5 Å². The van der Waals surface area contributed by atoms with Gasteiger partial charge in [0.25, 0.3) is 0 Å². The lowest BCUT2D eigenvalue weighted by Gasteiger charge is -2.19. The third kappa shape index (κ3) is 6.10. The minimum atomic E-state index is -0.826. The summed E-state index contributed by atoms with van der Waals surface area (Å²) in [5.41, 5.74) is 0.771. The van der Waals surface area contributed by atoms with E-state index in [1.54, 1.807) is 0 Å². The van der Waals surface area contributed by atoms with Gasteiger partial charge in [-0.15, -0.1) is 10.2 Å². The molecule has 0 aliphatic carbocycles. The van der Waals surface area contributed by atoms with Gasteiger partial charge in [0.15, 0.2) is 17.1 Å². The van der Waals surface area contributed by atoms with E-state index < -0.39 is 23.2 Å². The van der Waals surface area contributed by atoms with E-state index in [4.69, 9.17) is 4.74 Å². The fourth-order valence-corrected chi connectivity index (χ4v) is 4.13. The SMILES string of the molecule is CC(C)c1ccc(OC(C)c2nnc(SCC(=O)Nc3c(F)cccc3F)n2C(C)C)cc1. The monoisotopic (exact) mass is 474 g/mol. The van der Waals surface area contributed by atoms with Gasteiger partial charge in [0.1, 0.15) is 23.1 Å². The minimum Gasteiger partial charge on any atom is -0.483 e. The van der Waals surface area contributed by atoms with Crippen molar-refractivity contribution in [2.75, 3.05) is 11.1 Å². The van der Waals surface area contributed by atoms with Gasteiger partial charge >= 0.3 is 0 Å². The number of nitrogens with one attached hydrogen (secondary N) is 1. The largest absolute Gasteiger partial charge is 0.483 e. The van der Waals surface area contributed by atoms with E-state index >= 15 is 0 Å². The highest BCUT2D eigenvalue weighted by molar-refractivity contribution is 7.99. The number of nitrogens with zero attached hydrogens (tertiary/aromatic N) is 3. The summed E-state index contributed by atoms with van der Waals surface area (Å²) < 4.78 is 35.5. The van der Waals surface area contributed by atoms with E-state index in [9.17, 15) is 13.6 Å². The molecular formula is C24H28F2N4O2S. The second-order valence-electron chi connectivity index (χ2n) is 8.22. The minimum absolute atomic E-state index is 0.0129. The number of anilines is 1. The Balaban J connectivity index is 1.69. The standard InChI is InChI=1S/C24H28F2N4O2S/c1-14(2)17-9-11-18(12-10-17)32-16(5)23-28-29-24(30(23)15(3)4)33-13-21(31)27-22-19(25)7-6-8-20(22)26/h6-12,14-16H,13H2,1-5H3,(H,27,31). The van der Waals surface area contributed by atoms with Crippen molar-refractivity contribution in [1.29, 1.82) is 0 Å². The average molecular weight is 475 g/mol. The highest BCUT2D eigenvalue weighted by Crippen LogP contribution is 2.28. The molecule has 0 aliphatic rings. The Kier molecular flexibility index (Phi) is 8.07. The molecule has 0 spiro atoms. The fourth-order valence-electron chi connectivity index (χ4n) is 3.26. The van der Waals surface area contributed by atoms with Crippen molar-refractivity contribution in [3.05, 3.63) is 65.5 Å². The summed E-state index contributed by atoms with van der Waals surface area (Å²) in [6.45, 7) is 10.1. The maximum Gasteiger partial charge on any atom is 0.235 e. The number of benzene rings is 2. The molecule has 3 aromatic rings. The maximum atomic E-state index is 13.8. The number of amides is 1. The summed E-state index contributed by atoms with van der Waals surface area (Å²) in [6.07, 6.45) is -0.375. The molecule has 1 atom stereocenters. The van der Waals surface area contributed by atoms with Crippen LogP contribution in [0.4, 0.5) is 14.5 Å². The van der Waals surface area contributed by atoms with Gasteiger partial charge in [-0.1, -0.05) is 43.8 Å². The van der Waals surface area contributed by atoms with E-state index in [2.05, 4.69) is 29.4 Å². The van der Waals surface area contributed by atoms with Gasteiger partial charge in [-0.2, -0.15) is 0 Å². The Morgan fingerprint density at radius 1 is 1.03 bits per heavy atom. The summed E-state index contributed by atoms with van der Waals surface area (Å²) in [4.78, 5) is 12.3. The second kappa shape index (κ2) is 10.8. The van der Waals surface area contributed by atoms with Crippen LogP contribution in [0.1, 0.15) is 64.1 Å². The van der Waals surface area contributed by atoms with Crippen LogP contribution < -0.4 is 10.1 Å². The molecule has 1 heterocycles. The molecule has 2 aromatic carbocycles. The summed E-state index contributed by atoms with van der Waals surface area (Å²) in [7, 11) is 0. The van der Waals surface area contributed by atoms with E-state index in [0.29, 0.717) is 16.9 Å². The van der Waals surface area contributed by atoms with Crippen LogP contribution in [0.25, 0.3) is 0 Å². The quantitative estimate of drug-likeness (QED) is 0.378. The second-order valence-corrected chi connectivity index (χ2v) is 9.16. The van der Waals surface area contributed by atoms with Gasteiger partial charge in [-0.25, -0.2) is 8.78 Å². The van der Waals surface area contributed by atoms with E-state index in [-0.39, 0.29) is 17.9 Å². The molecule has 0 saturated heterocycles. The van der Waals surface area contributed by atoms with E-state index in [1.807, 2.05) is 49.6 Å². The third-order valence-corrected chi connectivity index (χ3v) is 5.93. The molecule has 3 rings (SSSR count). The molecular weight excluding hydrogens is 446 g/mol. The number of hydrogen-bond donors (Lipinski definition) is 1. The molecule has 176 valence electrons. The zero-order valence-electron chi connectivity index (χ0n) is 19.3. The number of para-hydroxylation sites is 1. The number of carbonyl (C=O) groups excluding carboxylic acids is 1.